The van der Waals surface area contributed by atoms with Crippen LogP contribution in [0.3, 0.4) is 0 Å². The third-order valence-corrected chi connectivity index (χ3v) is 3.20. The second-order valence-corrected chi connectivity index (χ2v) is 4.33. The Labute approximate surface area is 93.9 Å². The molecule has 1 fully saturated rings. The van der Waals surface area contributed by atoms with Crippen molar-refractivity contribution in [2.45, 2.75) is 25.8 Å². The first-order valence-electron chi connectivity index (χ1n) is 5.61. The van der Waals surface area contributed by atoms with E-state index < -0.39 is 0 Å². The molecule has 1 unspecified atom stereocenters. The van der Waals surface area contributed by atoms with E-state index in [1.807, 2.05) is 10.6 Å². The Kier molecular flexibility index (Phi) is 1.99. The standard InChI is InChI=1S/C11H15N5/c1-8-3-2-5-16(8)11-10-13-4-6-15(10)7-9(12)14-11/h4,6-8H,2-3,5,12H2,1H3. The average molecular weight is 217 g/mol. The average Bonchev–Trinajstić information content (AvgIpc) is 2.84. The highest BCUT2D eigenvalue weighted by Gasteiger charge is 2.24. The number of anilines is 2. The van der Waals surface area contributed by atoms with Crippen molar-refractivity contribution in [2.24, 2.45) is 0 Å². The maximum atomic E-state index is 5.81. The Morgan fingerprint density at radius 1 is 1.50 bits per heavy atom. The Morgan fingerprint density at radius 2 is 2.38 bits per heavy atom. The van der Waals surface area contributed by atoms with Gasteiger partial charge in [0.15, 0.2) is 11.5 Å². The van der Waals surface area contributed by atoms with E-state index >= 15 is 0 Å². The second kappa shape index (κ2) is 3.37. The number of rotatable bonds is 1. The lowest BCUT2D eigenvalue weighted by Crippen LogP contribution is -2.28. The summed E-state index contributed by atoms with van der Waals surface area (Å²) >= 11 is 0. The Hall–Kier alpha value is -1.78. The third kappa shape index (κ3) is 1.31. The molecule has 5 heteroatoms. The summed E-state index contributed by atoms with van der Waals surface area (Å²) in [5.74, 6) is 1.45. The number of imidazole rings is 1. The Bertz CT molecular complexity index is 518. The fraction of sp³-hybridized carbons (Fsp3) is 0.455. The minimum Gasteiger partial charge on any atom is -0.382 e. The molecule has 16 heavy (non-hydrogen) atoms. The molecule has 0 amide bonds. The van der Waals surface area contributed by atoms with Crippen LogP contribution in [0.15, 0.2) is 18.6 Å². The van der Waals surface area contributed by atoms with Crippen LogP contribution in [0.25, 0.3) is 5.65 Å². The van der Waals surface area contributed by atoms with Crippen molar-refractivity contribution in [3.8, 4) is 0 Å². The molecule has 3 heterocycles. The smallest absolute Gasteiger partial charge is 0.180 e. The van der Waals surface area contributed by atoms with Gasteiger partial charge in [0.05, 0.1) is 6.20 Å². The summed E-state index contributed by atoms with van der Waals surface area (Å²) < 4.78 is 1.93. The summed E-state index contributed by atoms with van der Waals surface area (Å²) in [6.45, 7) is 3.26. The van der Waals surface area contributed by atoms with Crippen LogP contribution in [0.4, 0.5) is 11.6 Å². The maximum absolute atomic E-state index is 5.81. The van der Waals surface area contributed by atoms with Crippen LogP contribution in [-0.4, -0.2) is 27.0 Å². The van der Waals surface area contributed by atoms with Crippen molar-refractivity contribution in [3.05, 3.63) is 18.6 Å². The predicted octanol–water partition coefficient (Wildman–Crippen LogP) is 1.30. The van der Waals surface area contributed by atoms with E-state index in [1.54, 1.807) is 12.4 Å². The molecule has 1 aliphatic heterocycles. The highest BCUT2D eigenvalue weighted by atomic mass is 15.3. The van der Waals surface area contributed by atoms with Crippen LogP contribution >= 0.6 is 0 Å². The van der Waals surface area contributed by atoms with Gasteiger partial charge >= 0.3 is 0 Å². The molecule has 0 spiro atoms. The third-order valence-electron chi connectivity index (χ3n) is 3.20. The molecule has 0 aliphatic carbocycles. The molecule has 2 aromatic rings. The first kappa shape index (κ1) is 9.45. The van der Waals surface area contributed by atoms with Crippen LogP contribution in [0, 0.1) is 0 Å². The Morgan fingerprint density at radius 3 is 3.12 bits per heavy atom. The zero-order valence-corrected chi connectivity index (χ0v) is 9.30. The molecule has 2 N–H and O–H groups in total. The highest BCUT2D eigenvalue weighted by molar-refractivity contribution is 5.67. The number of aromatic nitrogens is 3. The fourth-order valence-electron chi connectivity index (χ4n) is 2.37. The zero-order valence-electron chi connectivity index (χ0n) is 9.30. The largest absolute Gasteiger partial charge is 0.382 e. The van der Waals surface area contributed by atoms with E-state index in [0.29, 0.717) is 11.9 Å². The number of hydrogen-bond acceptors (Lipinski definition) is 4. The first-order valence-corrected chi connectivity index (χ1v) is 5.61. The monoisotopic (exact) mass is 217 g/mol. The van der Waals surface area contributed by atoms with Gasteiger partial charge in [-0.25, -0.2) is 9.97 Å². The van der Waals surface area contributed by atoms with Gasteiger partial charge in [0, 0.05) is 25.0 Å². The van der Waals surface area contributed by atoms with Crippen molar-refractivity contribution in [2.75, 3.05) is 17.2 Å². The van der Waals surface area contributed by atoms with E-state index in [1.165, 1.54) is 12.8 Å². The topological polar surface area (TPSA) is 59.5 Å². The van der Waals surface area contributed by atoms with E-state index in [9.17, 15) is 0 Å². The number of fused-ring (bicyclic) bond motifs is 1. The van der Waals surface area contributed by atoms with E-state index in [0.717, 1.165) is 18.0 Å². The van der Waals surface area contributed by atoms with Crippen molar-refractivity contribution in [1.82, 2.24) is 14.4 Å². The van der Waals surface area contributed by atoms with Crippen molar-refractivity contribution >= 4 is 17.3 Å². The van der Waals surface area contributed by atoms with Crippen molar-refractivity contribution in [3.63, 3.8) is 0 Å². The number of nitrogens with two attached hydrogens (primary N) is 1. The molecule has 0 radical (unpaired) electrons. The number of nitrogens with zero attached hydrogens (tertiary/aromatic N) is 4. The lowest BCUT2D eigenvalue weighted by atomic mass is 10.2. The molecular formula is C11H15N5. The van der Waals surface area contributed by atoms with Crippen LogP contribution in [0.5, 0.6) is 0 Å². The number of nitrogen functional groups attached to an aromatic ring is 1. The molecular weight excluding hydrogens is 202 g/mol. The summed E-state index contributed by atoms with van der Waals surface area (Å²) in [6, 6.07) is 0.523. The van der Waals surface area contributed by atoms with Gasteiger partial charge in [0.25, 0.3) is 0 Å². The van der Waals surface area contributed by atoms with Crippen LogP contribution in [0.1, 0.15) is 19.8 Å². The molecule has 0 aromatic carbocycles. The molecule has 2 aromatic heterocycles. The summed E-state index contributed by atoms with van der Waals surface area (Å²) in [7, 11) is 0. The highest BCUT2D eigenvalue weighted by Crippen LogP contribution is 2.27. The van der Waals surface area contributed by atoms with Crippen LogP contribution in [-0.2, 0) is 0 Å². The van der Waals surface area contributed by atoms with Crippen molar-refractivity contribution in [1.29, 1.82) is 0 Å². The summed E-state index contributed by atoms with van der Waals surface area (Å²) in [5, 5.41) is 0. The molecule has 1 aliphatic rings. The van der Waals surface area contributed by atoms with Gasteiger partial charge in [0.1, 0.15) is 5.82 Å². The van der Waals surface area contributed by atoms with Gasteiger partial charge in [-0.05, 0) is 19.8 Å². The Balaban J connectivity index is 2.17. The predicted molar refractivity (Wildman–Crippen MR) is 63.4 cm³/mol. The quantitative estimate of drug-likeness (QED) is 0.782. The van der Waals surface area contributed by atoms with Gasteiger partial charge in [-0.1, -0.05) is 0 Å². The minimum atomic E-state index is 0.523. The molecule has 5 nitrogen and oxygen atoms in total. The molecule has 84 valence electrons. The van der Waals surface area contributed by atoms with E-state index in [4.69, 9.17) is 5.73 Å². The second-order valence-electron chi connectivity index (χ2n) is 4.33. The fourth-order valence-corrected chi connectivity index (χ4v) is 2.37. The minimum absolute atomic E-state index is 0.523. The lowest BCUT2D eigenvalue weighted by molar-refractivity contribution is 0.727. The first-order chi connectivity index (χ1) is 7.75. The zero-order chi connectivity index (χ0) is 11.1. The van der Waals surface area contributed by atoms with Gasteiger partial charge in [-0.2, -0.15) is 0 Å². The summed E-state index contributed by atoms with van der Waals surface area (Å²) in [4.78, 5) is 11.1. The molecule has 0 saturated carbocycles. The normalized spacial score (nSPS) is 20.8. The number of hydrogen-bond donors (Lipinski definition) is 1. The summed E-state index contributed by atoms with van der Waals surface area (Å²) in [5.41, 5.74) is 6.70. The molecule has 1 saturated heterocycles. The molecule has 3 rings (SSSR count). The molecule has 0 bridgehead atoms. The van der Waals surface area contributed by atoms with Gasteiger partial charge < -0.3 is 15.0 Å². The summed E-state index contributed by atoms with van der Waals surface area (Å²) in [6.07, 6.45) is 7.90. The van der Waals surface area contributed by atoms with Gasteiger partial charge in [0.2, 0.25) is 0 Å². The van der Waals surface area contributed by atoms with Crippen molar-refractivity contribution < 1.29 is 0 Å². The SMILES string of the molecule is CC1CCCN1c1nc(N)cn2ccnc12. The van der Waals surface area contributed by atoms with Crippen LogP contribution < -0.4 is 10.6 Å². The van der Waals surface area contributed by atoms with E-state index in [2.05, 4.69) is 21.8 Å². The maximum Gasteiger partial charge on any atom is 0.180 e. The van der Waals surface area contributed by atoms with Crippen LogP contribution in [0.2, 0.25) is 0 Å². The van der Waals surface area contributed by atoms with Gasteiger partial charge in [-0.3, -0.25) is 0 Å². The van der Waals surface area contributed by atoms with E-state index in [-0.39, 0.29) is 0 Å². The lowest BCUT2D eigenvalue weighted by Gasteiger charge is -2.22. The molecule has 1 atom stereocenters. The van der Waals surface area contributed by atoms with Gasteiger partial charge in [-0.15, -0.1) is 0 Å².